The van der Waals surface area contributed by atoms with Crippen LogP contribution in [0.3, 0.4) is 0 Å². The Labute approximate surface area is 139 Å². The van der Waals surface area contributed by atoms with Crippen LogP contribution in [0.25, 0.3) is 0 Å². The maximum atomic E-state index is 6.19. The summed E-state index contributed by atoms with van der Waals surface area (Å²) in [6, 6.07) is 0. The van der Waals surface area contributed by atoms with Crippen LogP contribution in [-0.4, -0.2) is 34.6 Å². The lowest BCUT2D eigenvalue weighted by Crippen LogP contribution is -2.39. The molecule has 0 N–H and O–H groups in total. The van der Waals surface area contributed by atoms with Crippen LogP contribution in [-0.2, 0) is 10.2 Å². The molecule has 0 aliphatic carbocycles. The van der Waals surface area contributed by atoms with E-state index in [0.717, 1.165) is 23.1 Å². The maximum Gasteiger partial charge on any atom is 0.151 e. The molecule has 3 rings (SSSR count). The first-order valence-corrected chi connectivity index (χ1v) is 8.49. The van der Waals surface area contributed by atoms with Crippen molar-refractivity contribution in [3.63, 3.8) is 0 Å². The van der Waals surface area contributed by atoms with Crippen molar-refractivity contribution in [2.45, 2.75) is 32.3 Å². The molecule has 0 bridgehead atoms. The molecule has 1 fully saturated rings. The molecule has 0 saturated carbocycles. The molecular formula is C15H19ClN4OS. The van der Waals surface area contributed by atoms with E-state index in [0.29, 0.717) is 18.2 Å². The summed E-state index contributed by atoms with van der Waals surface area (Å²) < 4.78 is 5.90. The summed E-state index contributed by atoms with van der Waals surface area (Å²) in [7, 11) is 0. The minimum Gasteiger partial charge on any atom is -0.367 e. The first-order chi connectivity index (χ1) is 10.4. The summed E-state index contributed by atoms with van der Waals surface area (Å²) in [5, 5.41) is 3.70. The van der Waals surface area contributed by atoms with Gasteiger partial charge in [0.15, 0.2) is 5.82 Å². The number of aromatic nitrogens is 3. The van der Waals surface area contributed by atoms with Gasteiger partial charge in [-0.1, -0.05) is 32.4 Å². The molecule has 0 aromatic carbocycles. The maximum absolute atomic E-state index is 6.19. The van der Waals surface area contributed by atoms with Gasteiger partial charge in [-0.25, -0.2) is 15.0 Å². The van der Waals surface area contributed by atoms with Crippen LogP contribution in [0, 0.1) is 0 Å². The predicted octanol–water partition coefficient (Wildman–Crippen LogP) is 3.46. The molecule has 7 heteroatoms. The summed E-state index contributed by atoms with van der Waals surface area (Å²) in [5.74, 6) is 0.762. The largest absolute Gasteiger partial charge is 0.367 e. The number of thiazole rings is 1. The third-order valence-electron chi connectivity index (χ3n) is 3.58. The standard InChI is InChI=1S/C15H19ClN4OS/c1-15(2,3)12-8-22-14(19-12)11-7-20(4-5-21-11)13-10(16)6-17-9-18-13/h6,8-9,11H,4-5,7H2,1-3H3. The van der Waals surface area contributed by atoms with E-state index in [1.54, 1.807) is 17.5 Å². The zero-order valence-electron chi connectivity index (χ0n) is 12.9. The van der Waals surface area contributed by atoms with Crippen molar-refractivity contribution in [3.05, 3.63) is 33.6 Å². The van der Waals surface area contributed by atoms with Crippen LogP contribution in [0.15, 0.2) is 17.9 Å². The molecule has 0 amide bonds. The number of hydrogen-bond donors (Lipinski definition) is 0. The number of ether oxygens (including phenoxy) is 1. The van der Waals surface area contributed by atoms with Crippen LogP contribution < -0.4 is 4.90 Å². The van der Waals surface area contributed by atoms with Gasteiger partial charge in [0.25, 0.3) is 0 Å². The Kier molecular flexibility index (Phi) is 4.34. The van der Waals surface area contributed by atoms with E-state index in [2.05, 4.69) is 41.0 Å². The highest BCUT2D eigenvalue weighted by Gasteiger charge is 2.28. The number of anilines is 1. The van der Waals surface area contributed by atoms with Gasteiger partial charge >= 0.3 is 0 Å². The topological polar surface area (TPSA) is 51.1 Å². The van der Waals surface area contributed by atoms with Gasteiger partial charge in [-0.05, 0) is 0 Å². The Morgan fingerprint density at radius 1 is 1.41 bits per heavy atom. The Bertz CT molecular complexity index is 655. The lowest BCUT2D eigenvalue weighted by Gasteiger charge is -2.33. The zero-order chi connectivity index (χ0) is 15.7. The normalized spacial score (nSPS) is 19.5. The minimum atomic E-state index is -0.0409. The van der Waals surface area contributed by atoms with E-state index in [-0.39, 0.29) is 11.5 Å². The zero-order valence-corrected chi connectivity index (χ0v) is 14.5. The van der Waals surface area contributed by atoms with E-state index in [1.807, 2.05) is 0 Å². The highest BCUT2D eigenvalue weighted by Crippen LogP contribution is 2.32. The average molecular weight is 339 g/mol. The smallest absolute Gasteiger partial charge is 0.151 e. The Hall–Kier alpha value is -1.24. The Balaban J connectivity index is 1.79. The second-order valence-electron chi connectivity index (χ2n) is 6.32. The summed E-state index contributed by atoms with van der Waals surface area (Å²) in [4.78, 5) is 15.1. The molecule has 0 radical (unpaired) electrons. The summed E-state index contributed by atoms with van der Waals surface area (Å²) >= 11 is 7.85. The molecule has 5 nitrogen and oxygen atoms in total. The van der Waals surface area contributed by atoms with Crippen molar-refractivity contribution in [1.29, 1.82) is 0 Å². The first kappa shape index (κ1) is 15.6. The second-order valence-corrected chi connectivity index (χ2v) is 7.62. The van der Waals surface area contributed by atoms with Crippen molar-refractivity contribution in [3.8, 4) is 0 Å². The van der Waals surface area contributed by atoms with Crippen molar-refractivity contribution >= 4 is 28.8 Å². The van der Waals surface area contributed by atoms with Crippen LogP contribution in [0.4, 0.5) is 5.82 Å². The van der Waals surface area contributed by atoms with Crippen molar-refractivity contribution in [1.82, 2.24) is 15.0 Å². The fraction of sp³-hybridized carbons (Fsp3) is 0.533. The molecule has 1 unspecified atom stereocenters. The monoisotopic (exact) mass is 338 g/mol. The Morgan fingerprint density at radius 3 is 2.91 bits per heavy atom. The number of nitrogens with zero attached hydrogens (tertiary/aromatic N) is 4. The molecule has 2 aromatic rings. The molecule has 118 valence electrons. The number of morpholine rings is 1. The average Bonchev–Trinajstić information content (AvgIpc) is 2.98. The van der Waals surface area contributed by atoms with Gasteiger partial charge in [0, 0.05) is 17.3 Å². The number of halogens is 1. The third-order valence-corrected chi connectivity index (χ3v) is 4.78. The molecule has 0 spiro atoms. The summed E-state index contributed by atoms with van der Waals surface area (Å²) in [6.07, 6.45) is 3.10. The quantitative estimate of drug-likeness (QED) is 0.839. The van der Waals surface area contributed by atoms with Crippen LogP contribution >= 0.6 is 22.9 Å². The van der Waals surface area contributed by atoms with Crippen molar-refractivity contribution in [2.24, 2.45) is 0 Å². The van der Waals surface area contributed by atoms with Crippen LogP contribution in [0.5, 0.6) is 0 Å². The first-order valence-electron chi connectivity index (χ1n) is 7.23. The fourth-order valence-corrected chi connectivity index (χ4v) is 3.62. The lowest BCUT2D eigenvalue weighted by molar-refractivity contribution is 0.0392. The van der Waals surface area contributed by atoms with Gasteiger partial charge in [0.2, 0.25) is 0 Å². The van der Waals surface area contributed by atoms with Gasteiger partial charge in [0.1, 0.15) is 22.5 Å². The van der Waals surface area contributed by atoms with Gasteiger partial charge in [0.05, 0.1) is 25.0 Å². The van der Waals surface area contributed by atoms with E-state index in [4.69, 9.17) is 21.3 Å². The molecule has 1 atom stereocenters. The van der Waals surface area contributed by atoms with Crippen LogP contribution in [0.2, 0.25) is 5.02 Å². The minimum absolute atomic E-state index is 0.0409. The van der Waals surface area contributed by atoms with E-state index in [1.165, 1.54) is 6.33 Å². The second kappa shape index (κ2) is 6.10. The van der Waals surface area contributed by atoms with Gasteiger partial charge in [-0.3, -0.25) is 0 Å². The van der Waals surface area contributed by atoms with E-state index in [9.17, 15) is 0 Å². The van der Waals surface area contributed by atoms with Gasteiger partial charge < -0.3 is 9.64 Å². The fourth-order valence-electron chi connectivity index (χ4n) is 2.31. The summed E-state index contributed by atoms with van der Waals surface area (Å²) in [5.41, 5.74) is 1.16. The predicted molar refractivity (Wildman–Crippen MR) is 88.8 cm³/mol. The molecule has 1 aliphatic rings. The van der Waals surface area contributed by atoms with Crippen molar-refractivity contribution < 1.29 is 4.74 Å². The SMILES string of the molecule is CC(C)(C)c1csc(C2CN(c3ncncc3Cl)CCO2)n1. The molecule has 1 saturated heterocycles. The molecule has 3 heterocycles. The third kappa shape index (κ3) is 3.24. The molecule has 2 aromatic heterocycles. The molecule has 1 aliphatic heterocycles. The van der Waals surface area contributed by atoms with E-state index < -0.39 is 0 Å². The highest BCUT2D eigenvalue weighted by molar-refractivity contribution is 7.09. The number of hydrogen-bond acceptors (Lipinski definition) is 6. The van der Waals surface area contributed by atoms with Gasteiger partial charge in [-0.15, -0.1) is 11.3 Å². The molecular weight excluding hydrogens is 320 g/mol. The highest BCUT2D eigenvalue weighted by atomic mass is 35.5. The van der Waals surface area contributed by atoms with Gasteiger partial charge in [-0.2, -0.15) is 0 Å². The van der Waals surface area contributed by atoms with E-state index >= 15 is 0 Å². The van der Waals surface area contributed by atoms with Crippen LogP contribution in [0.1, 0.15) is 37.6 Å². The number of rotatable bonds is 2. The lowest BCUT2D eigenvalue weighted by atomic mass is 9.93. The summed E-state index contributed by atoms with van der Waals surface area (Å²) in [6.45, 7) is 8.61. The Morgan fingerprint density at radius 2 is 2.23 bits per heavy atom. The molecule has 22 heavy (non-hydrogen) atoms. The van der Waals surface area contributed by atoms with Crippen molar-refractivity contribution in [2.75, 3.05) is 24.6 Å².